The summed E-state index contributed by atoms with van der Waals surface area (Å²) in [5.41, 5.74) is 4.29. The van der Waals surface area contributed by atoms with Crippen LogP contribution in [0.3, 0.4) is 0 Å². The van der Waals surface area contributed by atoms with Crippen molar-refractivity contribution in [3.8, 4) is 11.1 Å². The van der Waals surface area contributed by atoms with E-state index in [2.05, 4.69) is 64.2 Å². The van der Waals surface area contributed by atoms with Gasteiger partial charge in [-0.15, -0.1) is 0 Å². The van der Waals surface area contributed by atoms with Crippen molar-refractivity contribution in [3.05, 3.63) is 59.7 Å². The molecule has 45 heavy (non-hydrogen) atoms. The van der Waals surface area contributed by atoms with E-state index in [4.69, 9.17) is 18.8 Å². The van der Waals surface area contributed by atoms with Crippen LogP contribution in [0.2, 0.25) is 0 Å². The van der Waals surface area contributed by atoms with Crippen LogP contribution < -0.4 is 5.32 Å². The Morgan fingerprint density at radius 3 is 2.18 bits per heavy atom. The number of ether oxygens (including phenoxy) is 2. The number of methoxy groups -OCH3 is 1. The zero-order valence-electron chi connectivity index (χ0n) is 27.3. The molecule has 0 spiro atoms. The second kappa shape index (κ2) is 12.2. The number of hydrogen-bond donors (Lipinski definition) is 1. The molecule has 7 rings (SSSR count). The second-order valence-corrected chi connectivity index (χ2v) is 14.7. The van der Waals surface area contributed by atoms with Gasteiger partial charge in [0.25, 0.3) is 0 Å². The number of esters is 2. The second-order valence-electron chi connectivity index (χ2n) is 14.7. The summed E-state index contributed by atoms with van der Waals surface area (Å²) < 4.78 is 23.9. The highest BCUT2D eigenvalue weighted by molar-refractivity contribution is 6.47. The number of nitrogens with one attached hydrogen (secondary N) is 1. The van der Waals surface area contributed by atoms with Gasteiger partial charge in [-0.2, -0.15) is 0 Å². The van der Waals surface area contributed by atoms with Crippen LogP contribution in [0.4, 0.5) is 0 Å². The first-order chi connectivity index (χ1) is 21.4. The highest BCUT2D eigenvalue weighted by Gasteiger charge is 2.68. The Bertz CT molecular complexity index is 1410. The molecule has 1 N–H and O–H groups in total. The molecule has 1 heterocycles. The van der Waals surface area contributed by atoms with Crippen LogP contribution in [0.25, 0.3) is 11.1 Å². The SMILES string of the molecule is COC(=O)C[C@H](CC(=O)OCC1c2ccccc2-c2ccccc21)C(=O)N[C@@H](CC(C)C)B1O[C@@H]2C[C@@H]3C[C@@H](C3(C)C)[C@]2(C)O1. The van der Waals surface area contributed by atoms with E-state index in [0.717, 1.165) is 35.1 Å². The fourth-order valence-electron chi connectivity index (χ4n) is 8.54. The number of benzene rings is 2. The lowest BCUT2D eigenvalue weighted by Gasteiger charge is -2.64. The Hall–Kier alpha value is -3.17. The van der Waals surface area contributed by atoms with Crippen LogP contribution >= 0.6 is 0 Å². The number of amides is 1. The zero-order chi connectivity index (χ0) is 32.1. The van der Waals surface area contributed by atoms with Gasteiger partial charge in [-0.25, -0.2) is 0 Å². The Morgan fingerprint density at radius 1 is 0.956 bits per heavy atom. The summed E-state index contributed by atoms with van der Waals surface area (Å²) in [5.74, 6) is -1.71. The average molecular weight is 616 g/mol. The molecular weight excluding hydrogens is 569 g/mol. The maximum absolute atomic E-state index is 13.8. The van der Waals surface area contributed by atoms with Crippen molar-refractivity contribution >= 4 is 25.0 Å². The normalized spacial score (nSPS) is 27.1. The Kier molecular flexibility index (Phi) is 8.63. The molecule has 2 aromatic carbocycles. The summed E-state index contributed by atoms with van der Waals surface area (Å²) in [7, 11) is 0.677. The van der Waals surface area contributed by atoms with Crippen molar-refractivity contribution in [3.63, 3.8) is 0 Å². The molecule has 5 aliphatic rings. The van der Waals surface area contributed by atoms with Gasteiger partial charge in [0.05, 0.1) is 43.5 Å². The van der Waals surface area contributed by atoms with Crippen molar-refractivity contribution in [2.75, 3.05) is 13.7 Å². The summed E-state index contributed by atoms with van der Waals surface area (Å²) in [6, 6.07) is 16.3. The van der Waals surface area contributed by atoms with Gasteiger partial charge in [0, 0.05) is 5.92 Å². The molecular formula is C36H46BNO7. The maximum Gasteiger partial charge on any atom is 0.481 e. The van der Waals surface area contributed by atoms with Crippen LogP contribution in [0, 0.1) is 29.1 Å². The van der Waals surface area contributed by atoms with Crippen LogP contribution in [0.1, 0.15) is 83.8 Å². The minimum atomic E-state index is -0.950. The van der Waals surface area contributed by atoms with Crippen molar-refractivity contribution < 1.29 is 33.2 Å². The molecule has 4 aliphatic carbocycles. The van der Waals surface area contributed by atoms with E-state index in [-0.39, 0.29) is 42.8 Å². The molecule has 1 saturated heterocycles. The Labute approximate surface area is 267 Å². The first kappa shape index (κ1) is 31.8. The molecule has 9 heteroatoms. The van der Waals surface area contributed by atoms with E-state index in [9.17, 15) is 14.4 Å². The number of hydrogen-bond acceptors (Lipinski definition) is 7. The topological polar surface area (TPSA) is 100 Å². The summed E-state index contributed by atoms with van der Waals surface area (Å²) in [5, 5.41) is 3.12. The third-order valence-electron chi connectivity index (χ3n) is 11.1. The van der Waals surface area contributed by atoms with Gasteiger partial charge >= 0.3 is 19.1 Å². The van der Waals surface area contributed by atoms with Crippen molar-refractivity contribution in [1.82, 2.24) is 5.32 Å². The summed E-state index contributed by atoms with van der Waals surface area (Å²) >= 11 is 0. The average Bonchev–Trinajstić information content (AvgIpc) is 3.53. The van der Waals surface area contributed by atoms with E-state index < -0.39 is 42.4 Å². The standard InChI is InChI=1S/C36H46BNO7/c1-21(2)15-31(37-44-30-19-23-18-29(35(23,3)4)36(30,5)45-37)38-34(41)22(16-32(39)42-6)17-33(40)43-20-28-26-13-9-7-11-24(26)25-12-8-10-14-27(25)28/h7-14,21-23,28-31H,15-20H2,1-6H3,(H,38,41)/t22-,23+,29+,30-,31+,36+/m1/s1. The first-order valence-electron chi connectivity index (χ1n) is 16.5. The Balaban J connectivity index is 1.13. The van der Waals surface area contributed by atoms with Crippen LogP contribution in [-0.2, 0) is 33.2 Å². The molecule has 2 bridgehead atoms. The number of fused-ring (bicyclic) bond motifs is 3. The largest absolute Gasteiger partial charge is 0.481 e. The number of carbonyl (C=O) groups is 3. The lowest BCUT2D eigenvalue weighted by Crippen LogP contribution is -2.65. The molecule has 2 aromatic rings. The highest BCUT2D eigenvalue weighted by Crippen LogP contribution is 2.65. The van der Waals surface area contributed by atoms with E-state index in [1.54, 1.807) is 0 Å². The van der Waals surface area contributed by atoms with Gasteiger partial charge in [0.1, 0.15) is 6.61 Å². The van der Waals surface area contributed by atoms with Crippen LogP contribution in [0.15, 0.2) is 48.5 Å². The minimum absolute atomic E-state index is 0.0162. The monoisotopic (exact) mass is 615 g/mol. The van der Waals surface area contributed by atoms with Gasteiger partial charge in [-0.1, -0.05) is 76.2 Å². The van der Waals surface area contributed by atoms with E-state index in [1.165, 1.54) is 7.11 Å². The van der Waals surface area contributed by atoms with Gasteiger partial charge in [-0.3, -0.25) is 14.4 Å². The lowest BCUT2D eigenvalue weighted by atomic mass is 9.43. The Morgan fingerprint density at radius 2 is 1.58 bits per heavy atom. The van der Waals surface area contributed by atoms with Gasteiger partial charge < -0.3 is 24.1 Å². The molecule has 0 unspecified atom stereocenters. The van der Waals surface area contributed by atoms with Crippen LogP contribution in [-0.4, -0.2) is 56.3 Å². The fourth-order valence-corrected chi connectivity index (χ4v) is 8.54. The first-order valence-corrected chi connectivity index (χ1v) is 16.5. The van der Waals surface area contributed by atoms with E-state index in [1.807, 2.05) is 24.3 Å². The summed E-state index contributed by atoms with van der Waals surface area (Å²) in [6.45, 7) is 11.1. The molecule has 8 nitrogen and oxygen atoms in total. The molecule has 6 atom stereocenters. The van der Waals surface area contributed by atoms with Crippen molar-refractivity contribution in [1.29, 1.82) is 0 Å². The van der Waals surface area contributed by atoms with Crippen molar-refractivity contribution in [2.24, 2.45) is 29.1 Å². The molecule has 3 saturated carbocycles. The smallest absolute Gasteiger partial charge is 0.469 e. The summed E-state index contributed by atoms with van der Waals surface area (Å²) in [4.78, 5) is 39.4. The third kappa shape index (κ3) is 5.82. The highest BCUT2D eigenvalue weighted by atomic mass is 16.7. The van der Waals surface area contributed by atoms with E-state index in [0.29, 0.717) is 18.3 Å². The zero-order valence-corrected chi connectivity index (χ0v) is 27.3. The van der Waals surface area contributed by atoms with Crippen molar-refractivity contribution in [2.45, 2.75) is 90.3 Å². The minimum Gasteiger partial charge on any atom is -0.469 e. The van der Waals surface area contributed by atoms with Gasteiger partial charge in [0.15, 0.2) is 0 Å². The maximum atomic E-state index is 13.8. The molecule has 0 radical (unpaired) electrons. The quantitative estimate of drug-likeness (QED) is 0.255. The van der Waals surface area contributed by atoms with Crippen LogP contribution in [0.5, 0.6) is 0 Å². The summed E-state index contributed by atoms with van der Waals surface area (Å²) in [6.07, 6.45) is 2.23. The lowest BCUT2D eigenvalue weighted by molar-refractivity contribution is -0.199. The molecule has 4 fully saturated rings. The predicted octanol–water partition coefficient (Wildman–Crippen LogP) is 5.71. The number of carbonyl (C=O) groups excluding carboxylic acids is 3. The molecule has 1 aliphatic heterocycles. The van der Waals surface area contributed by atoms with E-state index >= 15 is 0 Å². The fraction of sp³-hybridized carbons (Fsp3) is 0.583. The third-order valence-corrected chi connectivity index (χ3v) is 11.1. The number of rotatable bonds is 11. The van der Waals surface area contributed by atoms with Gasteiger partial charge in [0.2, 0.25) is 5.91 Å². The molecule has 1 amide bonds. The molecule has 0 aromatic heterocycles. The van der Waals surface area contributed by atoms with Gasteiger partial charge in [-0.05, 0) is 71.6 Å². The predicted molar refractivity (Wildman–Crippen MR) is 171 cm³/mol. The molecule has 240 valence electrons.